The summed E-state index contributed by atoms with van der Waals surface area (Å²) >= 11 is 12.8. The zero-order chi connectivity index (χ0) is 17.8. The first-order valence-corrected chi connectivity index (χ1v) is 9.87. The van der Waals surface area contributed by atoms with Crippen molar-refractivity contribution in [1.29, 1.82) is 0 Å². The van der Waals surface area contributed by atoms with E-state index in [-0.39, 0.29) is 5.91 Å². The topological polar surface area (TPSA) is 49.3 Å². The highest BCUT2D eigenvalue weighted by Crippen LogP contribution is 2.21. The maximum atomic E-state index is 11.9. The Bertz CT molecular complexity index is 720. The Morgan fingerprint density at radius 2 is 1.96 bits per heavy atom. The summed E-state index contributed by atoms with van der Waals surface area (Å²) in [6.45, 7) is 4.90. The van der Waals surface area contributed by atoms with Crippen molar-refractivity contribution in [2.24, 2.45) is 0 Å². The monoisotopic (exact) mass is 398 g/mol. The Kier molecular flexibility index (Phi) is 6.15. The standard InChI is InChI=1S/C17H20Cl2N4OS/c1-12-3-5-13(6-4-12)11-14-20-17(25-21-14)23-8-2-7-22(9-10-23)16(24)15(18)19/h3-6,15H,2,7-11H2,1H3. The summed E-state index contributed by atoms with van der Waals surface area (Å²) in [5.74, 6) is 0.616. The van der Waals surface area contributed by atoms with Crippen LogP contribution in [0.25, 0.3) is 0 Å². The number of hydrogen-bond acceptors (Lipinski definition) is 5. The highest BCUT2D eigenvalue weighted by Gasteiger charge is 2.24. The Labute approximate surface area is 161 Å². The van der Waals surface area contributed by atoms with Crippen molar-refractivity contribution >= 4 is 45.8 Å². The molecule has 0 saturated carbocycles. The molecule has 1 saturated heterocycles. The average Bonchev–Trinajstić information content (AvgIpc) is 2.91. The van der Waals surface area contributed by atoms with Crippen LogP contribution in [0.5, 0.6) is 0 Å². The number of alkyl halides is 2. The number of carbonyl (C=O) groups excluding carboxylic acids is 1. The quantitative estimate of drug-likeness (QED) is 0.741. The molecule has 5 nitrogen and oxygen atoms in total. The van der Waals surface area contributed by atoms with Crippen LogP contribution in [-0.4, -0.2) is 51.2 Å². The molecule has 0 aliphatic carbocycles. The fourth-order valence-corrected chi connectivity index (χ4v) is 3.81. The van der Waals surface area contributed by atoms with Gasteiger partial charge in [-0.3, -0.25) is 4.79 Å². The molecule has 0 radical (unpaired) electrons. The molecule has 134 valence electrons. The molecule has 3 rings (SSSR count). The Morgan fingerprint density at radius 1 is 1.20 bits per heavy atom. The van der Waals surface area contributed by atoms with Crippen molar-refractivity contribution in [3.63, 3.8) is 0 Å². The second-order valence-electron chi connectivity index (χ2n) is 6.12. The lowest BCUT2D eigenvalue weighted by Gasteiger charge is -2.21. The van der Waals surface area contributed by atoms with Crippen LogP contribution in [0.2, 0.25) is 0 Å². The smallest absolute Gasteiger partial charge is 0.255 e. The van der Waals surface area contributed by atoms with Crippen molar-refractivity contribution in [1.82, 2.24) is 14.3 Å². The van der Waals surface area contributed by atoms with Crippen LogP contribution in [0.1, 0.15) is 23.4 Å². The molecule has 1 aromatic heterocycles. The molecule has 1 aliphatic heterocycles. The summed E-state index contributed by atoms with van der Waals surface area (Å²) in [5.41, 5.74) is 2.45. The second kappa shape index (κ2) is 8.34. The molecule has 2 aromatic rings. The van der Waals surface area contributed by atoms with E-state index in [0.717, 1.165) is 30.3 Å². The number of rotatable bonds is 4. The number of hydrogen-bond donors (Lipinski definition) is 0. The summed E-state index contributed by atoms with van der Waals surface area (Å²) < 4.78 is 4.49. The highest BCUT2D eigenvalue weighted by atomic mass is 35.5. The van der Waals surface area contributed by atoms with Crippen molar-refractivity contribution in [3.05, 3.63) is 41.2 Å². The predicted molar refractivity (Wildman–Crippen MR) is 103 cm³/mol. The number of halogens is 2. The van der Waals surface area contributed by atoms with Crippen molar-refractivity contribution < 1.29 is 4.79 Å². The molecule has 0 N–H and O–H groups in total. The van der Waals surface area contributed by atoms with E-state index in [2.05, 4.69) is 45.4 Å². The third-order valence-corrected chi connectivity index (χ3v) is 5.39. The minimum Gasteiger partial charge on any atom is -0.345 e. The molecule has 0 atom stereocenters. The Morgan fingerprint density at radius 3 is 2.68 bits per heavy atom. The molecule has 1 amide bonds. The zero-order valence-electron chi connectivity index (χ0n) is 14.0. The van der Waals surface area contributed by atoms with Gasteiger partial charge in [0.1, 0.15) is 5.82 Å². The lowest BCUT2D eigenvalue weighted by Crippen LogP contribution is -2.38. The van der Waals surface area contributed by atoms with Gasteiger partial charge in [-0.15, -0.1) is 0 Å². The van der Waals surface area contributed by atoms with E-state index in [4.69, 9.17) is 23.2 Å². The van der Waals surface area contributed by atoms with E-state index in [9.17, 15) is 4.79 Å². The van der Waals surface area contributed by atoms with Crippen LogP contribution >= 0.6 is 34.7 Å². The fourth-order valence-electron chi connectivity index (χ4n) is 2.80. The van der Waals surface area contributed by atoms with E-state index in [1.165, 1.54) is 22.7 Å². The van der Waals surface area contributed by atoms with Gasteiger partial charge in [0.15, 0.2) is 4.84 Å². The van der Waals surface area contributed by atoms with Gasteiger partial charge in [0.25, 0.3) is 5.91 Å². The Hall–Kier alpha value is -1.37. The molecule has 0 spiro atoms. The first-order chi connectivity index (χ1) is 12.0. The summed E-state index contributed by atoms with van der Waals surface area (Å²) in [4.78, 5) is 19.5. The minimum absolute atomic E-state index is 0.220. The van der Waals surface area contributed by atoms with E-state index >= 15 is 0 Å². The normalized spacial score (nSPS) is 15.5. The van der Waals surface area contributed by atoms with Gasteiger partial charge in [0.05, 0.1) is 0 Å². The lowest BCUT2D eigenvalue weighted by molar-refractivity contribution is -0.129. The predicted octanol–water partition coefficient (Wildman–Crippen LogP) is 3.28. The summed E-state index contributed by atoms with van der Waals surface area (Å²) in [6.07, 6.45) is 1.59. The van der Waals surface area contributed by atoms with Gasteiger partial charge in [0.2, 0.25) is 5.13 Å². The van der Waals surface area contributed by atoms with Crippen molar-refractivity contribution in [2.45, 2.75) is 24.6 Å². The molecule has 1 aliphatic rings. The number of nitrogens with zero attached hydrogens (tertiary/aromatic N) is 4. The number of aromatic nitrogens is 2. The van der Waals surface area contributed by atoms with Crippen LogP contribution in [0.4, 0.5) is 5.13 Å². The molecule has 0 bridgehead atoms. The fraction of sp³-hybridized carbons (Fsp3) is 0.471. The molecule has 8 heteroatoms. The molecule has 1 aromatic carbocycles. The van der Waals surface area contributed by atoms with Gasteiger partial charge in [-0.05, 0) is 18.9 Å². The number of benzene rings is 1. The number of anilines is 1. The van der Waals surface area contributed by atoms with E-state index < -0.39 is 4.84 Å². The lowest BCUT2D eigenvalue weighted by atomic mass is 10.1. The Balaban J connectivity index is 1.62. The number of aryl methyl sites for hydroxylation is 1. The van der Waals surface area contributed by atoms with Crippen molar-refractivity contribution in [3.8, 4) is 0 Å². The third-order valence-electron chi connectivity index (χ3n) is 4.20. The molecule has 25 heavy (non-hydrogen) atoms. The van der Waals surface area contributed by atoms with E-state index in [1.807, 2.05) is 0 Å². The van der Waals surface area contributed by atoms with Crippen LogP contribution < -0.4 is 4.90 Å². The zero-order valence-corrected chi connectivity index (χ0v) is 16.3. The van der Waals surface area contributed by atoms with Crippen LogP contribution in [-0.2, 0) is 11.2 Å². The minimum atomic E-state index is -0.991. The SMILES string of the molecule is Cc1ccc(Cc2nsc(N3CCCN(C(=O)C(Cl)Cl)CC3)n2)cc1. The number of carbonyl (C=O) groups is 1. The maximum absolute atomic E-state index is 11.9. The van der Waals surface area contributed by atoms with Crippen molar-refractivity contribution in [2.75, 3.05) is 31.1 Å². The van der Waals surface area contributed by atoms with Gasteiger partial charge in [-0.25, -0.2) is 4.98 Å². The van der Waals surface area contributed by atoms with Gasteiger partial charge in [-0.1, -0.05) is 53.0 Å². The summed E-state index contributed by atoms with van der Waals surface area (Å²) in [7, 11) is 0. The van der Waals surface area contributed by atoms with Crippen LogP contribution in [0, 0.1) is 6.92 Å². The maximum Gasteiger partial charge on any atom is 0.255 e. The van der Waals surface area contributed by atoms with Crippen LogP contribution in [0.3, 0.4) is 0 Å². The van der Waals surface area contributed by atoms with E-state index in [1.54, 1.807) is 4.90 Å². The number of amides is 1. The molecule has 1 fully saturated rings. The van der Waals surface area contributed by atoms with E-state index in [0.29, 0.717) is 19.6 Å². The van der Waals surface area contributed by atoms with Gasteiger partial charge >= 0.3 is 0 Å². The summed E-state index contributed by atoms with van der Waals surface area (Å²) in [6, 6.07) is 8.43. The third kappa shape index (κ3) is 4.84. The first-order valence-electron chi connectivity index (χ1n) is 8.23. The largest absolute Gasteiger partial charge is 0.345 e. The van der Waals surface area contributed by atoms with Gasteiger partial charge in [-0.2, -0.15) is 4.37 Å². The van der Waals surface area contributed by atoms with Gasteiger partial charge < -0.3 is 9.80 Å². The average molecular weight is 399 g/mol. The summed E-state index contributed by atoms with van der Waals surface area (Å²) in [5, 5.41) is 0.907. The molecular formula is C17H20Cl2N4OS. The first kappa shape index (κ1) is 18.4. The van der Waals surface area contributed by atoms with Crippen LogP contribution in [0.15, 0.2) is 24.3 Å². The van der Waals surface area contributed by atoms with Gasteiger partial charge in [0, 0.05) is 44.1 Å². The molecule has 2 heterocycles. The molecular weight excluding hydrogens is 379 g/mol. The molecule has 0 unspecified atom stereocenters. The second-order valence-corrected chi connectivity index (χ2v) is 7.95. The highest BCUT2D eigenvalue weighted by molar-refractivity contribution is 7.09.